The van der Waals surface area contributed by atoms with Gasteiger partial charge in [-0.2, -0.15) is 0 Å². The molecule has 0 amide bonds. The highest BCUT2D eigenvalue weighted by Gasteiger charge is 2.19. The molecule has 0 fully saturated rings. The topological polar surface area (TPSA) is 46.2 Å². The summed E-state index contributed by atoms with van der Waals surface area (Å²) >= 11 is 0. The van der Waals surface area contributed by atoms with E-state index in [2.05, 4.69) is 4.72 Å². The van der Waals surface area contributed by atoms with Crippen molar-refractivity contribution in [2.75, 3.05) is 4.72 Å². The number of sulfonamides is 1. The van der Waals surface area contributed by atoms with Gasteiger partial charge in [-0.15, -0.1) is 0 Å². The van der Waals surface area contributed by atoms with Gasteiger partial charge in [0.2, 0.25) is 0 Å². The molecule has 7 heteroatoms. The lowest BCUT2D eigenvalue weighted by atomic mass is 9.98. The van der Waals surface area contributed by atoms with Crippen molar-refractivity contribution in [2.45, 2.75) is 18.7 Å². The molecule has 0 aliphatic heterocycles. The van der Waals surface area contributed by atoms with E-state index in [9.17, 15) is 21.6 Å². The molecule has 3 rings (SSSR count). The number of aryl methyl sites for hydroxylation is 2. The number of halogens is 3. The van der Waals surface area contributed by atoms with Crippen molar-refractivity contribution < 1.29 is 21.6 Å². The van der Waals surface area contributed by atoms with Crippen molar-refractivity contribution in [3.63, 3.8) is 0 Å². The third kappa shape index (κ3) is 3.83. The number of hydrogen-bond acceptors (Lipinski definition) is 2. The largest absolute Gasteiger partial charge is 0.279 e. The van der Waals surface area contributed by atoms with Crippen molar-refractivity contribution in [1.82, 2.24) is 0 Å². The first-order chi connectivity index (χ1) is 12.7. The predicted octanol–water partition coefficient (Wildman–Crippen LogP) is 5.19. The van der Waals surface area contributed by atoms with Crippen molar-refractivity contribution in [3.05, 3.63) is 83.2 Å². The molecular weight excluding hydrogens is 375 g/mol. The first kappa shape index (κ1) is 19.0. The first-order valence-corrected chi connectivity index (χ1v) is 9.51. The molecule has 0 bridgehead atoms. The number of benzene rings is 3. The summed E-state index contributed by atoms with van der Waals surface area (Å²) in [5, 5.41) is 0. The van der Waals surface area contributed by atoms with Gasteiger partial charge >= 0.3 is 0 Å². The van der Waals surface area contributed by atoms with Crippen LogP contribution in [-0.4, -0.2) is 8.42 Å². The van der Waals surface area contributed by atoms with Gasteiger partial charge in [0.1, 0.15) is 5.82 Å². The second-order valence-corrected chi connectivity index (χ2v) is 7.84. The van der Waals surface area contributed by atoms with Gasteiger partial charge in [-0.1, -0.05) is 18.2 Å². The minimum absolute atomic E-state index is 0.0212. The number of nitrogens with one attached hydrogen (secondary N) is 1. The van der Waals surface area contributed by atoms with Crippen LogP contribution in [0.2, 0.25) is 0 Å². The second kappa shape index (κ2) is 7.08. The molecule has 140 valence electrons. The van der Waals surface area contributed by atoms with Crippen LogP contribution < -0.4 is 4.72 Å². The molecule has 3 aromatic rings. The summed E-state index contributed by atoms with van der Waals surface area (Å²) in [6, 6.07) is 12.1. The Morgan fingerprint density at radius 2 is 1.37 bits per heavy atom. The molecule has 27 heavy (non-hydrogen) atoms. The molecule has 0 aromatic heterocycles. The molecule has 0 unspecified atom stereocenters. The first-order valence-electron chi connectivity index (χ1n) is 8.03. The fourth-order valence-electron chi connectivity index (χ4n) is 2.77. The normalized spacial score (nSPS) is 11.4. The Kier molecular flexibility index (Phi) is 4.97. The average Bonchev–Trinajstić information content (AvgIpc) is 2.62. The third-order valence-electron chi connectivity index (χ3n) is 4.11. The summed E-state index contributed by atoms with van der Waals surface area (Å²) in [7, 11) is -4.02. The summed E-state index contributed by atoms with van der Waals surface area (Å²) in [5.41, 5.74) is 0.969. The molecule has 0 atom stereocenters. The summed E-state index contributed by atoms with van der Waals surface area (Å²) in [4.78, 5) is -0.0212. The van der Waals surface area contributed by atoms with Crippen LogP contribution in [0.3, 0.4) is 0 Å². The van der Waals surface area contributed by atoms with E-state index >= 15 is 0 Å². The van der Waals surface area contributed by atoms with Gasteiger partial charge in [-0.05, 0) is 60.9 Å². The summed E-state index contributed by atoms with van der Waals surface area (Å²) < 4.78 is 69.0. The van der Waals surface area contributed by atoms with E-state index in [-0.39, 0.29) is 16.1 Å². The Bertz CT molecular complexity index is 1090. The lowest BCUT2D eigenvalue weighted by molar-refractivity contribution is 0.509. The molecular formula is C20H16F3NO2S. The van der Waals surface area contributed by atoms with Gasteiger partial charge in [0.15, 0.2) is 11.6 Å². The van der Waals surface area contributed by atoms with Gasteiger partial charge < -0.3 is 0 Å². The second-order valence-electron chi connectivity index (χ2n) is 6.15. The highest BCUT2D eigenvalue weighted by atomic mass is 32.2. The van der Waals surface area contributed by atoms with Crippen molar-refractivity contribution in [2.24, 2.45) is 0 Å². The molecule has 0 radical (unpaired) electrons. The Balaban J connectivity index is 2.16. The van der Waals surface area contributed by atoms with Crippen LogP contribution in [0.5, 0.6) is 0 Å². The van der Waals surface area contributed by atoms with E-state index in [0.29, 0.717) is 16.7 Å². The predicted molar refractivity (Wildman–Crippen MR) is 98.5 cm³/mol. The minimum atomic E-state index is -4.02. The van der Waals surface area contributed by atoms with E-state index in [1.54, 1.807) is 32.0 Å². The van der Waals surface area contributed by atoms with Crippen LogP contribution in [0.15, 0.2) is 59.5 Å². The molecule has 0 saturated heterocycles. The van der Waals surface area contributed by atoms with Crippen LogP contribution in [0.25, 0.3) is 11.1 Å². The van der Waals surface area contributed by atoms with Crippen LogP contribution in [0, 0.1) is 31.3 Å². The van der Waals surface area contributed by atoms with Gasteiger partial charge in [-0.25, -0.2) is 21.6 Å². The molecule has 0 aliphatic rings. The summed E-state index contributed by atoms with van der Waals surface area (Å²) in [5.74, 6) is -2.74. The quantitative estimate of drug-likeness (QED) is 0.665. The fraction of sp³-hybridized carbons (Fsp3) is 0.100. The zero-order chi connectivity index (χ0) is 19.8. The molecule has 0 saturated carbocycles. The monoisotopic (exact) mass is 391 g/mol. The summed E-state index contributed by atoms with van der Waals surface area (Å²) in [6.45, 7) is 3.08. The van der Waals surface area contributed by atoms with Crippen molar-refractivity contribution >= 4 is 15.7 Å². The van der Waals surface area contributed by atoms with Crippen LogP contribution in [-0.2, 0) is 10.0 Å². The molecule has 0 heterocycles. The highest BCUT2D eigenvalue weighted by Crippen LogP contribution is 2.33. The molecule has 0 spiro atoms. The van der Waals surface area contributed by atoms with E-state index in [0.717, 1.165) is 12.1 Å². The zero-order valence-corrected chi connectivity index (χ0v) is 15.4. The minimum Gasteiger partial charge on any atom is -0.279 e. The van der Waals surface area contributed by atoms with E-state index < -0.39 is 27.5 Å². The average molecular weight is 391 g/mol. The van der Waals surface area contributed by atoms with Crippen molar-refractivity contribution in [1.29, 1.82) is 0 Å². The smallest absolute Gasteiger partial charge is 0.261 e. The van der Waals surface area contributed by atoms with Gasteiger partial charge in [0.05, 0.1) is 10.6 Å². The van der Waals surface area contributed by atoms with Crippen LogP contribution in [0.4, 0.5) is 18.9 Å². The Morgan fingerprint density at radius 3 is 1.96 bits per heavy atom. The maximum atomic E-state index is 13.9. The summed E-state index contributed by atoms with van der Waals surface area (Å²) in [6.07, 6.45) is 0. The van der Waals surface area contributed by atoms with Gasteiger partial charge in [0.25, 0.3) is 10.0 Å². The Morgan fingerprint density at radius 1 is 0.815 bits per heavy atom. The highest BCUT2D eigenvalue weighted by molar-refractivity contribution is 7.92. The molecule has 3 aromatic carbocycles. The third-order valence-corrected chi connectivity index (χ3v) is 5.49. The SMILES string of the molecule is Cc1cc(-c2cc(F)c(F)cc2NS(=O)(=O)c2ccccc2)cc(C)c1F. The van der Waals surface area contributed by atoms with Crippen molar-refractivity contribution in [3.8, 4) is 11.1 Å². The standard InChI is InChI=1S/C20H16F3NO2S/c1-12-8-14(9-13(2)20(12)23)16-10-17(21)18(22)11-19(16)24-27(25,26)15-6-4-3-5-7-15/h3-11,24H,1-2H3. The number of rotatable bonds is 4. The molecule has 1 N–H and O–H groups in total. The molecule has 3 nitrogen and oxygen atoms in total. The van der Waals surface area contributed by atoms with E-state index in [4.69, 9.17) is 0 Å². The maximum absolute atomic E-state index is 13.9. The van der Waals surface area contributed by atoms with E-state index in [1.807, 2.05) is 0 Å². The zero-order valence-electron chi connectivity index (χ0n) is 14.6. The van der Waals surface area contributed by atoms with Gasteiger partial charge in [0, 0.05) is 11.6 Å². The molecule has 0 aliphatic carbocycles. The van der Waals surface area contributed by atoms with E-state index in [1.165, 1.54) is 24.3 Å². The fourth-order valence-corrected chi connectivity index (χ4v) is 3.87. The van der Waals surface area contributed by atoms with Crippen LogP contribution in [0.1, 0.15) is 11.1 Å². The lowest BCUT2D eigenvalue weighted by Gasteiger charge is -2.15. The Hall–Kier alpha value is -2.80. The Labute approximate surface area is 155 Å². The maximum Gasteiger partial charge on any atom is 0.261 e. The number of hydrogen-bond donors (Lipinski definition) is 1. The lowest BCUT2D eigenvalue weighted by Crippen LogP contribution is -2.14. The van der Waals surface area contributed by atoms with Crippen LogP contribution >= 0.6 is 0 Å². The van der Waals surface area contributed by atoms with Gasteiger partial charge in [-0.3, -0.25) is 4.72 Å². The number of anilines is 1.